The summed E-state index contributed by atoms with van der Waals surface area (Å²) in [5.41, 5.74) is 7.88. The molecule has 0 fully saturated rings. The lowest BCUT2D eigenvalue weighted by atomic mass is 10.3. The van der Waals surface area contributed by atoms with E-state index in [4.69, 9.17) is 5.73 Å². The lowest BCUT2D eigenvalue weighted by Crippen LogP contribution is -2.07. The Morgan fingerprint density at radius 1 is 1.64 bits per heavy atom. The zero-order valence-electron chi connectivity index (χ0n) is 9.16. The summed E-state index contributed by atoms with van der Waals surface area (Å²) < 4.78 is 1.96. The van der Waals surface area contributed by atoms with E-state index in [2.05, 4.69) is 18.1 Å². The molecule has 1 heterocycles. The van der Waals surface area contributed by atoms with Crippen molar-refractivity contribution in [2.45, 2.75) is 31.3 Å². The number of rotatable bonds is 5. The van der Waals surface area contributed by atoms with Crippen LogP contribution in [0.2, 0.25) is 0 Å². The molecule has 1 atom stereocenters. The van der Waals surface area contributed by atoms with E-state index in [0.717, 1.165) is 24.4 Å². The molecular formula is C10H19N3S. The van der Waals surface area contributed by atoms with Gasteiger partial charge in [-0.15, -0.1) is 0 Å². The summed E-state index contributed by atoms with van der Waals surface area (Å²) in [5, 5.41) is 4.95. The van der Waals surface area contributed by atoms with Crippen LogP contribution in [-0.4, -0.2) is 21.6 Å². The van der Waals surface area contributed by atoms with Crippen molar-refractivity contribution in [1.82, 2.24) is 9.78 Å². The zero-order chi connectivity index (χ0) is 10.6. The number of nitrogens with zero attached hydrogens (tertiary/aromatic N) is 2. The van der Waals surface area contributed by atoms with Crippen molar-refractivity contribution in [2.24, 2.45) is 12.8 Å². The van der Waals surface area contributed by atoms with E-state index in [1.54, 1.807) is 0 Å². The zero-order valence-corrected chi connectivity index (χ0v) is 9.97. The molecule has 1 rings (SSSR count). The first-order valence-corrected chi connectivity index (χ1v) is 5.99. The third-order valence-electron chi connectivity index (χ3n) is 2.19. The second-order valence-electron chi connectivity index (χ2n) is 3.60. The Balaban J connectivity index is 2.41. The Hall–Kier alpha value is -0.480. The van der Waals surface area contributed by atoms with Crippen molar-refractivity contribution in [3.05, 3.63) is 17.5 Å². The molecule has 0 aromatic carbocycles. The molecule has 0 radical (unpaired) electrons. The molecule has 14 heavy (non-hydrogen) atoms. The maximum Gasteiger partial charge on any atom is 0.0596 e. The fourth-order valence-corrected chi connectivity index (χ4v) is 2.37. The molecule has 0 aliphatic heterocycles. The predicted octanol–water partition coefficient (Wildman–Crippen LogP) is 1.70. The summed E-state index contributed by atoms with van der Waals surface area (Å²) in [6.45, 7) is 5.02. The highest BCUT2D eigenvalue weighted by Crippen LogP contribution is 2.19. The lowest BCUT2D eigenvalue weighted by Gasteiger charge is -2.09. The SMILES string of the molecule is Cc1cc(CSC(C)CCN)n(C)n1. The number of aryl methyl sites for hydroxylation is 2. The van der Waals surface area contributed by atoms with Crippen LogP contribution in [-0.2, 0) is 12.8 Å². The highest BCUT2D eigenvalue weighted by atomic mass is 32.2. The molecule has 0 aliphatic rings. The predicted molar refractivity (Wildman–Crippen MR) is 62.4 cm³/mol. The van der Waals surface area contributed by atoms with E-state index in [1.807, 2.05) is 30.4 Å². The number of hydrogen-bond donors (Lipinski definition) is 1. The fourth-order valence-electron chi connectivity index (χ4n) is 1.34. The van der Waals surface area contributed by atoms with Crippen molar-refractivity contribution in [3.8, 4) is 0 Å². The molecule has 4 heteroatoms. The molecule has 0 saturated carbocycles. The summed E-state index contributed by atoms with van der Waals surface area (Å²) in [7, 11) is 2.00. The second-order valence-corrected chi connectivity index (χ2v) is 5.03. The summed E-state index contributed by atoms with van der Waals surface area (Å²) in [4.78, 5) is 0. The van der Waals surface area contributed by atoms with Crippen LogP contribution in [0.25, 0.3) is 0 Å². The number of thioether (sulfide) groups is 1. The summed E-state index contributed by atoms with van der Waals surface area (Å²) in [6, 6.07) is 2.14. The van der Waals surface area contributed by atoms with Gasteiger partial charge >= 0.3 is 0 Å². The van der Waals surface area contributed by atoms with Gasteiger partial charge in [0.2, 0.25) is 0 Å². The van der Waals surface area contributed by atoms with Crippen LogP contribution < -0.4 is 5.73 Å². The monoisotopic (exact) mass is 213 g/mol. The first kappa shape index (κ1) is 11.6. The fraction of sp³-hybridized carbons (Fsp3) is 0.700. The standard InChI is InChI=1S/C10H19N3S/c1-8-6-10(13(3)12-8)7-14-9(2)4-5-11/h6,9H,4-5,7,11H2,1-3H3. The van der Waals surface area contributed by atoms with Gasteiger partial charge in [-0.1, -0.05) is 6.92 Å². The van der Waals surface area contributed by atoms with Gasteiger partial charge in [0.25, 0.3) is 0 Å². The van der Waals surface area contributed by atoms with Crippen molar-refractivity contribution >= 4 is 11.8 Å². The van der Waals surface area contributed by atoms with Crippen LogP contribution >= 0.6 is 11.8 Å². The van der Waals surface area contributed by atoms with Crippen molar-refractivity contribution in [2.75, 3.05) is 6.54 Å². The molecule has 0 bridgehead atoms. The molecule has 1 unspecified atom stereocenters. The van der Waals surface area contributed by atoms with Gasteiger partial charge < -0.3 is 5.73 Å². The molecule has 0 saturated heterocycles. The largest absolute Gasteiger partial charge is 0.330 e. The van der Waals surface area contributed by atoms with Crippen molar-refractivity contribution in [1.29, 1.82) is 0 Å². The average Bonchev–Trinajstić information content (AvgIpc) is 2.42. The van der Waals surface area contributed by atoms with Crippen LogP contribution in [0.1, 0.15) is 24.7 Å². The summed E-state index contributed by atoms with van der Waals surface area (Å²) in [6.07, 6.45) is 1.08. The topological polar surface area (TPSA) is 43.8 Å². The third-order valence-corrected chi connectivity index (χ3v) is 3.45. The van der Waals surface area contributed by atoms with Crippen LogP contribution in [0.15, 0.2) is 6.07 Å². The van der Waals surface area contributed by atoms with Crippen molar-refractivity contribution in [3.63, 3.8) is 0 Å². The van der Waals surface area contributed by atoms with Gasteiger partial charge in [0.05, 0.1) is 5.69 Å². The molecular weight excluding hydrogens is 194 g/mol. The van der Waals surface area contributed by atoms with E-state index in [0.29, 0.717) is 5.25 Å². The summed E-state index contributed by atoms with van der Waals surface area (Å²) >= 11 is 1.94. The molecule has 80 valence electrons. The molecule has 3 nitrogen and oxygen atoms in total. The van der Waals surface area contributed by atoms with Gasteiger partial charge in [-0.2, -0.15) is 16.9 Å². The Labute approximate surface area is 90.1 Å². The van der Waals surface area contributed by atoms with Gasteiger partial charge in [-0.25, -0.2) is 0 Å². The minimum Gasteiger partial charge on any atom is -0.330 e. The molecule has 0 spiro atoms. The van der Waals surface area contributed by atoms with E-state index >= 15 is 0 Å². The Kier molecular flexibility index (Phi) is 4.48. The maximum absolute atomic E-state index is 5.50. The van der Waals surface area contributed by atoms with Gasteiger partial charge in [-0.3, -0.25) is 4.68 Å². The van der Waals surface area contributed by atoms with Crippen LogP contribution in [0.5, 0.6) is 0 Å². The van der Waals surface area contributed by atoms with Gasteiger partial charge in [0.1, 0.15) is 0 Å². The van der Waals surface area contributed by atoms with Crippen LogP contribution in [0.4, 0.5) is 0 Å². The first-order valence-electron chi connectivity index (χ1n) is 4.94. The van der Waals surface area contributed by atoms with E-state index in [9.17, 15) is 0 Å². The van der Waals surface area contributed by atoms with Gasteiger partial charge in [-0.05, 0) is 26.0 Å². The Morgan fingerprint density at radius 3 is 2.86 bits per heavy atom. The number of hydrogen-bond acceptors (Lipinski definition) is 3. The Morgan fingerprint density at radius 2 is 2.36 bits per heavy atom. The smallest absolute Gasteiger partial charge is 0.0596 e. The van der Waals surface area contributed by atoms with Crippen LogP contribution in [0.3, 0.4) is 0 Å². The molecule has 1 aromatic heterocycles. The van der Waals surface area contributed by atoms with Crippen LogP contribution in [0, 0.1) is 6.92 Å². The highest BCUT2D eigenvalue weighted by Gasteiger charge is 2.05. The van der Waals surface area contributed by atoms with E-state index in [1.165, 1.54) is 5.69 Å². The quantitative estimate of drug-likeness (QED) is 0.809. The van der Waals surface area contributed by atoms with Gasteiger partial charge in [0.15, 0.2) is 0 Å². The normalized spacial score (nSPS) is 13.1. The van der Waals surface area contributed by atoms with E-state index < -0.39 is 0 Å². The van der Waals surface area contributed by atoms with Crippen molar-refractivity contribution < 1.29 is 0 Å². The van der Waals surface area contributed by atoms with Gasteiger partial charge in [0, 0.05) is 23.7 Å². The Bertz CT molecular complexity index is 283. The molecule has 1 aromatic rings. The minimum absolute atomic E-state index is 0.634. The summed E-state index contributed by atoms with van der Waals surface area (Å²) in [5.74, 6) is 1.03. The molecule has 0 amide bonds. The average molecular weight is 213 g/mol. The number of nitrogens with two attached hydrogens (primary N) is 1. The second kappa shape index (κ2) is 5.41. The van der Waals surface area contributed by atoms with E-state index in [-0.39, 0.29) is 0 Å². The minimum atomic E-state index is 0.634. The maximum atomic E-state index is 5.50. The molecule has 0 aliphatic carbocycles. The molecule has 2 N–H and O–H groups in total. The number of aromatic nitrogens is 2. The lowest BCUT2D eigenvalue weighted by molar-refractivity contribution is 0.726. The first-order chi connectivity index (χ1) is 6.63. The third kappa shape index (κ3) is 3.35. The highest BCUT2D eigenvalue weighted by molar-refractivity contribution is 7.99.